The Morgan fingerprint density at radius 3 is 2.41 bits per heavy atom. The molecule has 22 heavy (non-hydrogen) atoms. The maximum atomic E-state index is 12.4. The van der Waals surface area contributed by atoms with Gasteiger partial charge >= 0.3 is 0 Å². The van der Waals surface area contributed by atoms with E-state index >= 15 is 0 Å². The quantitative estimate of drug-likeness (QED) is 0.798. The minimum Gasteiger partial charge on any atom is -0.342 e. The van der Waals surface area contributed by atoms with E-state index in [0.29, 0.717) is 24.2 Å². The van der Waals surface area contributed by atoms with Gasteiger partial charge in [-0.3, -0.25) is 4.79 Å². The van der Waals surface area contributed by atoms with Gasteiger partial charge in [0, 0.05) is 32.1 Å². The summed E-state index contributed by atoms with van der Waals surface area (Å²) in [5.41, 5.74) is 6.08. The number of nitrogens with zero attached hydrogens (tertiary/aromatic N) is 2. The van der Waals surface area contributed by atoms with Crippen LogP contribution in [0.15, 0.2) is 0 Å². The number of amides is 1. The number of rotatable bonds is 6. The molecule has 3 atom stereocenters. The van der Waals surface area contributed by atoms with Crippen molar-refractivity contribution in [1.29, 1.82) is 0 Å². The molecule has 2 rings (SSSR count). The molecule has 2 fully saturated rings. The number of hydrogen-bond acceptors (Lipinski definition) is 3. The van der Waals surface area contributed by atoms with Gasteiger partial charge in [0.15, 0.2) is 0 Å². The number of likely N-dealkylation sites (tertiary alicyclic amines) is 1. The SMILES string of the molecule is CCN(CC)CC1CCN(C(=O)C[C@@H]2CCC[C@H]2N)C1.Cl.Cl. The van der Waals surface area contributed by atoms with Crippen LogP contribution in [0.1, 0.15) is 46.0 Å². The van der Waals surface area contributed by atoms with Crippen molar-refractivity contribution in [3.63, 3.8) is 0 Å². The second-order valence-electron chi connectivity index (χ2n) is 6.54. The van der Waals surface area contributed by atoms with E-state index in [-0.39, 0.29) is 30.9 Å². The number of halogens is 2. The van der Waals surface area contributed by atoms with Crippen LogP contribution in [0.5, 0.6) is 0 Å². The van der Waals surface area contributed by atoms with Gasteiger partial charge in [0.25, 0.3) is 0 Å². The molecule has 0 aromatic rings. The van der Waals surface area contributed by atoms with Gasteiger partial charge in [0.05, 0.1) is 0 Å². The Morgan fingerprint density at radius 2 is 1.86 bits per heavy atom. The number of nitrogens with two attached hydrogens (primary N) is 1. The fourth-order valence-electron chi connectivity index (χ4n) is 3.73. The maximum Gasteiger partial charge on any atom is 0.222 e. The molecule has 1 amide bonds. The summed E-state index contributed by atoms with van der Waals surface area (Å²) in [5, 5.41) is 0. The van der Waals surface area contributed by atoms with Crippen LogP contribution in [0, 0.1) is 11.8 Å². The van der Waals surface area contributed by atoms with Crippen LogP contribution in [0.4, 0.5) is 0 Å². The van der Waals surface area contributed by atoms with Crippen molar-refractivity contribution < 1.29 is 4.79 Å². The molecule has 2 N–H and O–H groups in total. The molecule has 132 valence electrons. The molecular weight excluding hydrogens is 321 g/mol. The lowest BCUT2D eigenvalue weighted by Gasteiger charge is -2.23. The summed E-state index contributed by atoms with van der Waals surface area (Å²) in [6.07, 6.45) is 5.29. The van der Waals surface area contributed by atoms with Crippen LogP contribution >= 0.6 is 24.8 Å². The fraction of sp³-hybridized carbons (Fsp3) is 0.938. The minimum absolute atomic E-state index is 0. The topological polar surface area (TPSA) is 49.6 Å². The summed E-state index contributed by atoms with van der Waals surface area (Å²) in [7, 11) is 0. The molecule has 0 aromatic heterocycles. The van der Waals surface area contributed by atoms with E-state index in [1.54, 1.807) is 0 Å². The van der Waals surface area contributed by atoms with Crippen molar-refractivity contribution in [2.75, 3.05) is 32.7 Å². The molecule has 1 saturated carbocycles. The first-order chi connectivity index (χ1) is 9.63. The molecule has 0 aromatic carbocycles. The molecule has 1 aliphatic heterocycles. The predicted molar refractivity (Wildman–Crippen MR) is 96.9 cm³/mol. The molecule has 1 aliphatic carbocycles. The van der Waals surface area contributed by atoms with Crippen LogP contribution in [-0.4, -0.2) is 54.5 Å². The molecular formula is C16H33Cl2N3O. The Labute approximate surface area is 148 Å². The molecule has 6 heteroatoms. The normalized spacial score (nSPS) is 27.6. The summed E-state index contributed by atoms with van der Waals surface area (Å²) >= 11 is 0. The largest absolute Gasteiger partial charge is 0.342 e. The average Bonchev–Trinajstić information content (AvgIpc) is 3.06. The number of carbonyl (C=O) groups is 1. The van der Waals surface area contributed by atoms with Crippen LogP contribution in [0.2, 0.25) is 0 Å². The minimum atomic E-state index is 0. The standard InChI is InChI=1S/C16H31N3O.2ClH/c1-3-18(4-2)11-13-8-9-19(12-13)16(20)10-14-6-5-7-15(14)17;;/h13-15H,3-12,17H2,1-2H3;2*1H/t13?,14-,15+;;/m0../s1. The summed E-state index contributed by atoms with van der Waals surface area (Å²) in [6, 6.07) is 0.257. The molecule has 1 unspecified atom stereocenters. The second kappa shape index (κ2) is 10.7. The molecule has 1 saturated heterocycles. The highest BCUT2D eigenvalue weighted by Crippen LogP contribution is 2.28. The average molecular weight is 354 g/mol. The zero-order valence-corrected chi connectivity index (χ0v) is 15.6. The van der Waals surface area contributed by atoms with Gasteiger partial charge in [-0.05, 0) is 44.2 Å². The first kappa shape index (κ1) is 22.0. The summed E-state index contributed by atoms with van der Waals surface area (Å²) in [6.45, 7) is 9.69. The Hall–Kier alpha value is -0.0300. The maximum absolute atomic E-state index is 12.4. The molecule has 0 radical (unpaired) electrons. The highest BCUT2D eigenvalue weighted by Gasteiger charge is 2.31. The van der Waals surface area contributed by atoms with Crippen LogP contribution in [0.3, 0.4) is 0 Å². The van der Waals surface area contributed by atoms with Crippen molar-refractivity contribution >= 4 is 30.7 Å². The van der Waals surface area contributed by atoms with Crippen molar-refractivity contribution in [2.45, 2.75) is 52.0 Å². The van der Waals surface area contributed by atoms with Gasteiger partial charge in [-0.15, -0.1) is 24.8 Å². The van der Waals surface area contributed by atoms with Crippen LogP contribution in [0.25, 0.3) is 0 Å². The summed E-state index contributed by atoms with van der Waals surface area (Å²) < 4.78 is 0. The van der Waals surface area contributed by atoms with Crippen LogP contribution < -0.4 is 5.73 Å². The Balaban J connectivity index is 0.00000220. The van der Waals surface area contributed by atoms with E-state index in [0.717, 1.165) is 45.6 Å². The van der Waals surface area contributed by atoms with E-state index in [2.05, 4.69) is 23.6 Å². The van der Waals surface area contributed by atoms with E-state index in [1.807, 2.05) is 0 Å². The van der Waals surface area contributed by atoms with Crippen molar-refractivity contribution in [3.8, 4) is 0 Å². The second-order valence-corrected chi connectivity index (χ2v) is 6.54. The van der Waals surface area contributed by atoms with Crippen molar-refractivity contribution in [3.05, 3.63) is 0 Å². The van der Waals surface area contributed by atoms with E-state index in [4.69, 9.17) is 5.73 Å². The van der Waals surface area contributed by atoms with E-state index in [9.17, 15) is 4.79 Å². The summed E-state index contributed by atoms with van der Waals surface area (Å²) in [5.74, 6) is 1.44. The fourth-order valence-corrected chi connectivity index (χ4v) is 3.73. The van der Waals surface area contributed by atoms with E-state index < -0.39 is 0 Å². The third kappa shape index (κ3) is 5.88. The third-order valence-electron chi connectivity index (χ3n) is 5.20. The lowest BCUT2D eigenvalue weighted by Crippen LogP contribution is -2.35. The summed E-state index contributed by atoms with van der Waals surface area (Å²) in [4.78, 5) is 16.9. The number of hydrogen-bond donors (Lipinski definition) is 1. The zero-order valence-electron chi connectivity index (χ0n) is 14.0. The van der Waals surface area contributed by atoms with E-state index in [1.165, 1.54) is 12.8 Å². The smallest absolute Gasteiger partial charge is 0.222 e. The molecule has 2 aliphatic rings. The van der Waals surface area contributed by atoms with Gasteiger partial charge in [-0.1, -0.05) is 20.3 Å². The highest BCUT2D eigenvalue weighted by molar-refractivity contribution is 5.85. The molecule has 1 heterocycles. The van der Waals surface area contributed by atoms with Crippen molar-refractivity contribution in [1.82, 2.24) is 9.80 Å². The van der Waals surface area contributed by atoms with Crippen LogP contribution in [-0.2, 0) is 4.79 Å². The Morgan fingerprint density at radius 1 is 1.18 bits per heavy atom. The third-order valence-corrected chi connectivity index (χ3v) is 5.20. The van der Waals surface area contributed by atoms with Gasteiger partial charge in [0.1, 0.15) is 0 Å². The lowest BCUT2D eigenvalue weighted by atomic mass is 9.99. The number of carbonyl (C=O) groups excluding carboxylic acids is 1. The zero-order chi connectivity index (χ0) is 14.5. The lowest BCUT2D eigenvalue weighted by molar-refractivity contribution is -0.131. The predicted octanol–water partition coefficient (Wildman–Crippen LogP) is 2.54. The van der Waals surface area contributed by atoms with Gasteiger partial charge in [0.2, 0.25) is 5.91 Å². The highest BCUT2D eigenvalue weighted by atomic mass is 35.5. The monoisotopic (exact) mass is 353 g/mol. The Kier molecular flexibility index (Phi) is 10.7. The van der Waals surface area contributed by atoms with Gasteiger partial charge in [-0.25, -0.2) is 0 Å². The Bertz CT molecular complexity index is 327. The van der Waals surface area contributed by atoms with Crippen molar-refractivity contribution in [2.24, 2.45) is 17.6 Å². The molecule has 4 nitrogen and oxygen atoms in total. The molecule has 0 spiro atoms. The molecule has 0 bridgehead atoms. The first-order valence-corrected chi connectivity index (χ1v) is 8.39. The van der Waals surface area contributed by atoms with Gasteiger partial charge < -0.3 is 15.5 Å². The van der Waals surface area contributed by atoms with Gasteiger partial charge in [-0.2, -0.15) is 0 Å². The first-order valence-electron chi connectivity index (χ1n) is 8.39.